The van der Waals surface area contributed by atoms with Crippen LogP contribution in [0.15, 0.2) is 58.1 Å². The molecule has 7 heteroatoms. The molecule has 0 saturated carbocycles. The van der Waals surface area contributed by atoms with Crippen molar-refractivity contribution in [3.05, 3.63) is 91.1 Å². The molecule has 6 nitrogen and oxygen atoms in total. The third-order valence-corrected chi connectivity index (χ3v) is 5.74. The minimum atomic E-state index is -0.480. The number of hydrogen-bond donors (Lipinski definition) is 2. The lowest BCUT2D eigenvalue weighted by Gasteiger charge is -2.35. The van der Waals surface area contributed by atoms with Crippen molar-refractivity contribution in [3.8, 4) is 5.69 Å². The summed E-state index contributed by atoms with van der Waals surface area (Å²) >= 11 is 6.25. The minimum Gasteiger partial charge on any atom is -0.358 e. The molecule has 2 heterocycles. The van der Waals surface area contributed by atoms with Gasteiger partial charge < -0.3 is 5.32 Å². The summed E-state index contributed by atoms with van der Waals surface area (Å²) < 4.78 is 1.50. The van der Waals surface area contributed by atoms with Crippen molar-refractivity contribution in [2.75, 3.05) is 12.0 Å². The number of hydrogen-bond acceptors (Lipinski definition) is 4. The van der Waals surface area contributed by atoms with E-state index in [2.05, 4.69) is 34.3 Å². The van der Waals surface area contributed by atoms with Gasteiger partial charge in [-0.25, -0.2) is 9.36 Å². The van der Waals surface area contributed by atoms with Crippen LogP contribution in [0.25, 0.3) is 5.69 Å². The molecule has 0 spiro atoms. The van der Waals surface area contributed by atoms with Gasteiger partial charge in [-0.1, -0.05) is 48.0 Å². The number of aromatic amines is 1. The topological polar surface area (TPSA) is 70.1 Å². The van der Waals surface area contributed by atoms with Gasteiger partial charge in [-0.05, 0) is 37.1 Å². The maximum atomic E-state index is 12.6. The molecule has 0 amide bonds. The first-order valence-corrected chi connectivity index (χ1v) is 9.51. The SMILES string of the molecule is Cc1c(Cl)cccc1-n1c2c(c(=O)[nH]c1=O)CN([C@@H](C)c1ccccc1)CN2. The summed E-state index contributed by atoms with van der Waals surface area (Å²) in [7, 11) is 0. The van der Waals surface area contributed by atoms with Crippen LogP contribution in [0.2, 0.25) is 5.02 Å². The zero-order valence-corrected chi connectivity index (χ0v) is 16.5. The molecule has 3 aromatic rings. The van der Waals surface area contributed by atoms with Crippen molar-refractivity contribution in [2.45, 2.75) is 26.4 Å². The van der Waals surface area contributed by atoms with E-state index in [4.69, 9.17) is 11.6 Å². The Morgan fingerprint density at radius 1 is 1.07 bits per heavy atom. The van der Waals surface area contributed by atoms with Gasteiger partial charge in [0.25, 0.3) is 5.56 Å². The highest BCUT2D eigenvalue weighted by Gasteiger charge is 2.27. The van der Waals surface area contributed by atoms with Gasteiger partial charge in [0.15, 0.2) is 0 Å². The average molecular weight is 397 g/mol. The van der Waals surface area contributed by atoms with Crippen LogP contribution < -0.4 is 16.6 Å². The number of aromatic nitrogens is 2. The summed E-state index contributed by atoms with van der Waals surface area (Å²) in [5, 5.41) is 3.85. The lowest BCUT2D eigenvalue weighted by Crippen LogP contribution is -2.43. The summed E-state index contributed by atoms with van der Waals surface area (Å²) in [4.78, 5) is 29.8. The fourth-order valence-corrected chi connectivity index (χ4v) is 3.79. The molecule has 0 fully saturated rings. The lowest BCUT2D eigenvalue weighted by atomic mass is 10.1. The van der Waals surface area contributed by atoms with Crippen LogP contribution in [0.3, 0.4) is 0 Å². The van der Waals surface area contributed by atoms with Crippen LogP contribution >= 0.6 is 11.6 Å². The van der Waals surface area contributed by atoms with Crippen molar-refractivity contribution in [3.63, 3.8) is 0 Å². The maximum Gasteiger partial charge on any atom is 0.334 e. The Balaban J connectivity index is 1.79. The molecule has 1 aromatic heterocycles. The predicted octanol–water partition coefficient (Wildman–Crippen LogP) is 3.43. The van der Waals surface area contributed by atoms with E-state index >= 15 is 0 Å². The number of fused-ring (bicyclic) bond motifs is 1. The van der Waals surface area contributed by atoms with Gasteiger partial charge in [0.2, 0.25) is 0 Å². The molecule has 0 saturated heterocycles. The van der Waals surface area contributed by atoms with Gasteiger partial charge in [-0.3, -0.25) is 14.7 Å². The third-order valence-electron chi connectivity index (χ3n) is 5.33. The fourth-order valence-electron chi connectivity index (χ4n) is 3.62. The normalized spacial score (nSPS) is 15.0. The first kappa shape index (κ1) is 18.5. The van der Waals surface area contributed by atoms with E-state index < -0.39 is 5.69 Å². The molecule has 1 aliphatic heterocycles. The third kappa shape index (κ3) is 3.15. The van der Waals surface area contributed by atoms with Crippen LogP contribution in [0.1, 0.15) is 29.7 Å². The van der Waals surface area contributed by atoms with Crippen molar-refractivity contribution in [1.29, 1.82) is 0 Å². The molecule has 0 unspecified atom stereocenters. The molecular weight excluding hydrogens is 376 g/mol. The molecule has 0 bridgehead atoms. The highest BCUT2D eigenvalue weighted by molar-refractivity contribution is 6.31. The Morgan fingerprint density at radius 3 is 2.57 bits per heavy atom. The molecule has 4 rings (SSSR count). The van der Waals surface area contributed by atoms with Crippen LogP contribution in [0.4, 0.5) is 5.82 Å². The fraction of sp³-hybridized carbons (Fsp3) is 0.238. The number of halogens is 1. The number of nitrogens with zero attached hydrogens (tertiary/aromatic N) is 2. The van der Waals surface area contributed by atoms with E-state index in [0.29, 0.717) is 35.3 Å². The van der Waals surface area contributed by atoms with E-state index in [-0.39, 0.29) is 11.6 Å². The molecular formula is C21H21ClN4O2. The summed E-state index contributed by atoms with van der Waals surface area (Å²) in [5.74, 6) is 0.524. The molecule has 1 atom stereocenters. The second-order valence-electron chi connectivity index (χ2n) is 6.97. The largest absolute Gasteiger partial charge is 0.358 e. The van der Waals surface area contributed by atoms with Gasteiger partial charge in [-0.2, -0.15) is 0 Å². The smallest absolute Gasteiger partial charge is 0.334 e. The second-order valence-corrected chi connectivity index (χ2v) is 7.38. The molecule has 2 aromatic carbocycles. The van der Waals surface area contributed by atoms with Crippen LogP contribution in [-0.4, -0.2) is 21.1 Å². The molecule has 1 aliphatic rings. The average Bonchev–Trinajstić information content (AvgIpc) is 2.71. The van der Waals surface area contributed by atoms with Crippen molar-refractivity contribution in [2.24, 2.45) is 0 Å². The Bertz CT molecular complexity index is 1140. The van der Waals surface area contributed by atoms with Gasteiger partial charge in [0.05, 0.1) is 17.9 Å². The number of anilines is 1. The summed E-state index contributed by atoms with van der Waals surface area (Å²) in [6.07, 6.45) is 0. The number of rotatable bonds is 3. The summed E-state index contributed by atoms with van der Waals surface area (Å²) in [6.45, 7) is 4.92. The van der Waals surface area contributed by atoms with Gasteiger partial charge in [0, 0.05) is 17.6 Å². The monoisotopic (exact) mass is 396 g/mol. The molecule has 0 aliphatic carbocycles. The zero-order chi connectivity index (χ0) is 19.8. The van der Waals surface area contributed by atoms with E-state index in [1.165, 1.54) is 10.1 Å². The highest BCUT2D eigenvalue weighted by atomic mass is 35.5. The van der Waals surface area contributed by atoms with Crippen molar-refractivity contribution < 1.29 is 0 Å². The second kappa shape index (κ2) is 7.30. The van der Waals surface area contributed by atoms with Crippen LogP contribution in [0.5, 0.6) is 0 Å². The lowest BCUT2D eigenvalue weighted by molar-refractivity contribution is 0.207. The first-order chi connectivity index (χ1) is 13.5. The molecule has 0 radical (unpaired) electrons. The van der Waals surface area contributed by atoms with Crippen molar-refractivity contribution >= 4 is 17.4 Å². The Hall–Kier alpha value is -2.83. The maximum absolute atomic E-state index is 12.6. The standard InChI is InChI=1S/C21H21ClN4O2/c1-13-17(22)9-6-10-18(13)26-19-16(20(27)24-21(26)28)11-25(12-23-19)14(2)15-7-4-3-5-8-15/h3-10,14,23H,11-12H2,1-2H3,(H,24,27,28)/t14-/m0/s1. The molecule has 28 heavy (non-hydrogen) atoms. The number of H-pyrrole nitrogens is 1. The van der Waals surface area contributed by atoms with Gasteiger partial charge in [-0.15, -0.1) is 0 Å². The van der Waals surface area contributed by atoms with Crippen molar-refractivity contribution in [1.82, 2.24) is 14.5 Å². The Kier molecular flexibility index (Phi) is 4.83. The van der Waals surface area contributed by atoms with Crippen LogP contribution in [-0.2, 0) is 6.54 Å². The molecule has 2 N–H and O–H groups in total. The quantitative estimate of drug-likeness (QED) is 0.711. The summed E-state index contributed by atoms with van der Waals surface area (Å²) in [6, 6.07) is 15.6. The number of benzene rings is 2. The van der Waals surface area contributed by atoms with E-state index in [0.717, 1.165) is 5.56 Å². The minimum absolute atomic E-state index is 0.120. The van der Waals surface area contributed by atoms with E-state index in [9.17, 15) is 9.59 Å². The van der Waals surface area contributed by atoms with E-state index in [1.54, 1.807) is 12.1 Å². The molecule has 144 valence electrons. The predicted molar refractivity (Wildman–Crippen MR) is 111 cm³/mol. The number of nitrogens with one attached hydrogen (secondary N) is 2. The van der Waals surface area contributed by atoms with Gasteiger partial charge >= 0.3 is 5.69 Å². The Morgan fingerprint density at radius 2 is 1.82 bits per heavy atom. The first-order valence-electron chi connectivity index (χ1n) is 9.14. The van der Waals surface area contributed by atoms with Gasteiger partial charge in [0.1, 0.15) is 5.82 Å². The summed E-state index contributed by atoms with van der Waals surface area (Å²) in [5.41, 5.74) is 2.29. The van der Waals surface area contributed by atoms with E-state index in [1.807, 2.05) is 31.2 Å². The highest BCUT2D eigenvalue weighted by Crippen LogP contribution is 2.29. The zero-order valence-electron chi connectivity index (χ0n) is 15.7. The Labute approximate surface area is 167 Å². The van der Waals surface area contributed by atoms with Crippen LogP contribution in [0, 0.1) is 6.92 Å².